The third kappa shape index (κ3) is 3.32. The molecule has 0 atom stereocenters. The molecule has 0 saturated carbocycles. The molecule has 0 aliphatic heterocycles. The summed E-state index contributed by atoms with van der Waals surface area (Å²) in [6.07, 6.45) is 0. The largest absolute Gasteiger partial charge is 0.513 e. The number of rotatable bonds is 4. The molecule has 0 aromatic heterocycles. The van der Waals surface area contributed by atoms with Crippen molar-refractivity contribution in [2.75, 3.05) is 0 Å². The summed E-state index contributed by atoms with van der Waals surface area (Å²) in [6, 6.07) is 9.15. The van der Waals surface area contributed by atoms with E-state index in [2.05, 4.69) is 0 Å². The molecule has 0 bridgehead atoms. The molecule has 6 heteroatoms. The molecule has 0 saturated heterocycles. The number of benzene rings is 2. The van der Waals surface area contributed by atoms with Crippen molar-refractivity contribution in [3.8, 4) is 5.75 Å². The van der Waals surface area contributed by atoms with E-state index in [1.165, 1.54) is 30.3 Å². The summed E-state index contributed by atoms with van der Waals surface area (Å²) in [5, 5.41) is 0. The Morgan fingerprint density at radius 2 is 1.75 bits per heavy atom. The van der Waals surface area contributed by atoms with Crippen molar-refractivity contribution in [1.82, 2.24) is 0 Å². The van der Waals surface area contributed by atoms with E-state index in [1.807, 2.05) is 0 Å². The number of halogens is 4. The Morgan fingerprint density at radius 3 is 2.45 bits per heavy atom. The normalized spacial score (nSPS) is 11.4. The summed E-state index contributed by atoms with van der Waals surface area (Å²) < 4.78 is 56.8. The first-order valence-electron chi connectivity index (χ1n) is 6.04. The van der Waals surface area contributed by atoms with Crippen molar-refractivity contribution in [3.05, 3.63) is 59.4 Å². The lowest BCUT2D eigenvalue weighted by Gasteiger charge is -2.20. The summed E-state index contributed by atoms with van der Waals surface area (Å²) in [6.45, 7) is -3.49. The van der Waals surface area contributed by atoms with Crippen LogP contribution >= 0.6 is 0 Å². The molecule has 0 radical (unpaired) electrons. The van der Waals surface area contributed by atoms with Crippen LogP contribution in [0.4, 0.5) is 17.3 Å². The van der Waals surface area contributed by atoms with Crippen LogP contribution in [0.3, 0.4) is 0 Å². The summed E-state index contributed by atoms with van der Waals surface area (Å²) in [7, 11) is 0. The average molecular weight is 283 g/mol. The molecule has 2 aromatic carbocycles. The molecule has 1 nitrogen and oxygen atoms in total. The van der Waals surface area contributed by atoms with Gasteiger partial charge < -0.3 is 17.7 Å². The zero-order chi connectivity index (χ0) is 14.8. The second kappa shape index (κ2) is 5.57. The quantitative estimate of drug-likeness (QED) is 0.613. The van der Waals surface area contributed by atoms with Crippen molar-refractivity contribution in [2.45, 2.75) is 13.5 Å². The molecule has 0 heterocycles. The first-order valence-corrected chi connectivity index (χ1v) is 6.04. The smallest absolute Gasteiger partial charge is 0.492 e. The standard InChI is InChI=1S/C14H12BF4O/c1-10-6-7-12(16)8-11(10)9-20-14-5-3-2-4-13(14)15(17,18)19/h2-8H,9H2,1H3/q-1. The highest BCUT2D eigenvalue weighted by Crippen LogP contribution is 2.19. The van der Waals surface area contributed by atoms with Crippen LogP contribution < -0.4 is 10.2 Å². The van der Waals surface area contributed by atoms with E-state index in [9.17, 15) is 17.3 Å². The van der Waals surface area contributed by atoms with Gasteiger partial charge in [-0.05, 0) is 36.2 Å². The lowest BCUT2D eigenvalue weighted by atomic mass is 9.79. The van der Waals surface area contributed by atoms with Crippen molar-refractivity contribution >= 4 is 12.4 Å². The Hall–Kier alpha value is -1.98. The van der Waals surface area contributed by atoms with Crippen LogP contribution in [-0.4, -0.2) is 6.98 Å². The Kier molecular flexibility index (Phi) is 4.02. The molecule has 0 aliphatic carbocycles. The van der Waals surface area contributed by atoms with E-state index in [1.54, 1.807) is 13.0 Å². The predicted molar refractivity (Wildman–Crippen MR) is 70.6 cm³/mol. The van der Waals surface area contributed by atoms with E-state index in [-0.39, 0.29) is 12.4 Å². The van der Waals surface area contributed by atoms with Gasteiger partial charge in [0, 0.05) is 0 Å². The fourth-order valence-corrected chi connectivity index (χ4v) is 1.83. The summed E-state index contributed by atoms with van der Waals surface area (Å²) in [4.78, 5) is 0. The summed E-state index contributed by atoms with van der Waals surface area (Å²) in [5.41, 5.74) is 0.512. The minimum Gasteiger partial charge on any atom is -0.492 e. The third-order valence-corrected chi connectivity index (χ3v) is 2.97. The van der Waals surface area contributed by atoms with Crippen LogP contribution in [0.1, 0.15) is 11.1 Å². The highest BCUT2D eigenvalue weighted by molar-refractivity contribution is 6.74. The molecule has 2 aromatic rings. The first-order chi connectivity index (χ1) is 9.38. The lowest BCUT2D eigenvalue weighted by molar-refractivity contribution is 0.305. The minimum atomic E-state index is -5.14. The van der Waals surface area contributed by atoms with Crippen LogP contribution in [0.2, 0.25) is 0 Å². The van der Waals surface area contributed by atoms with Gasteiger partial charge in [-0.15, -0.1) is 0 Å². The third-order valence-electron chi connectivity index (χ3n) is 2.97. The SMILES string of the molecule is Cc1ccc(F)cc1COc1ccccc1[B-](F)(F)F. The molecule has 0 aliphatic rings. The number of aryl methyl sites for hydroxylation is 1. The van der Waals surface area contributed by atoms with E-state index in [0.717, 1.165) is 11.6 Å². The fraction of sp³-hybridized carbons (Fsp3) is 0.143. The highest BCUT2D eigenvalue weighted by Gasteiger charge is 2.28. The summed E-state index contributed by atoms with van der Waals surface area (Å²) >= 11 is 0. The molecule has 0 N–H and O–H groups in total. The Bertz CT molecular complexity index is 610. The second-order valence-electron chi connectivity index (χ2n) is 4.47. The molecule has 0 spiro atoms. The molecule has 0 fully saturated rings. The van der Waals surface area contributed by atoms with Gasteiger partial charge in [0.1, 0.15) is 12.4 Å². The van der Waals surface area contributed by atoms with Gasteiger partial charge in [-0.2, -0.15) is 0 Å². The molecule has 0 amide bonds. The van der Waals surface area contributed by atoms with Crippen molar-refractivity contribution in [2.24, 2.45) is 0 Å². The molecule has 2 rings (SSSR count). The van der Waals surface area contributed by atoms with Crippen molar-refractivity contribution in [3.63, 3.8) is 0 Å². The number of hydrogen-bond donors (Lipinski definition) is 0. The zero-order valence-corrected chi connectivity index (χ0v) is 10.7. The van der Waals surface area contributed by atoms with Crippen LogP contribution in [-0.2, 0) is 6.61 Å². The maximum absolute atomic E-state index is 13.1. The number of hydrogen-bond acceptors (Lipinski definition) is 1. The van der Waals surface area contributed by atoms with Gasteiger partial charge in [0.15, 0.2) is 0 Å². The van der Waals surface area contributed by atoms with Gasteiger partial charge in [0.25, 0.3) is 0 Å². The average Bonchev–Trinajstić information content (AvgIpc) is 2.39. The van der Waals surface area contributed by atoms with Gasteiger partial charge in [-0.3, -0.25) is 0 Å². The number of para-hydroxylation sites is 1. The zero-order valence-electron chi connectivity index (χ0n) is 10.7. The molecule has 20 heavy (non-hydrogen) atoms. The van der Waals surface area contributed by atoms with Crippen LogP contribution in [0.5, 0.6) is 5.75 Å². The van der Waals surface area contributed by atoms with E-state index in [4.69, 9.17) is 4.74 Å². The topological polar surface area (TPSA) is 9.23 Å². The first kappa shape index (κ1) is 14.4. The fourth-order valence-electron chi connectivity index (χ4n) is 1.83. The van der Waals surface area contributed by atoms with Crippen molar-refractivity contribution in [1.29, 1.82) is 0 Å². The van der Waals surface area contributed by atoms with Gasteiger partial charge >= 0.3 is 6.98 Å². The Morgan fingerprint density at radius 1 is 1.05 bits per heavy atom. The van der Waals surface area contributed by atoms with Crippen LogP contribution in [0, 0.1) is 12.7 Å². The molecule has 106 valence electrons. The number of ether oxygens (including phenoxy) is 1. The Balaban J connectivity index is 2.21. The monoisotopic (exact) mass is 283 g/mol. The van der Waals surface area contributed by atoms with Gasteiger partial charge in [0.2, 0.25) is 0 Å². The second-order valence-corrected chi connectivity index (χ2v) is 4.47. The Labute approximate surface area is 114 Å². The lowest BCUT2D eigenvalue weighted by Crippen LogP contribution is -2.35. The van der Waals surface area contributed by atoms with E-state index >= 15 is 0 Å². The summed E-state index contributed by atoms with van der Waals surface area (Å²) in [5.74, 6) is -0.675. The van der Waals surface area contributed by atoms with Crippen molar-refractivity contribution < 1.29 is 22.1 Å². The minimum absolute atomic E-state index is 0.104. The maximum atomic E-state index is 13.1. The van der Waals surface area contributed by atoms with Gasteiger partial charge in [-0.1, -0.05) is 29.7 Å². The van der Waals surface area contributed by atoms with Crippen LogP contribution in [0.25, 0.3) is 0 Å². The molecule has 0 unspecified atom stereocenters. The van der Waals surface area contributed by atoms with Gasteiger partial charge in [0.05, 0.1) is 5.75 Å². The highest BCUT2D eigenvalue weighted by atomic mass is 19.4. The van der Waals surface area contributed by atoms with E-state index < -0.39 is 18.3 Å². The maximum Gasteiger partial charge on any atom is 0.513 e. The predicted octanol–water partition coefficient (Wildman–Crippen LogP) is 3.77. The van der Waals surface area contributed by atoms with E-state index in [0.29, 0.717) is 5.56 Å². The van der Waals surface area contributed by atoms with Crippen LogP contribution in [0.15, 0.2) is 42.5 Å². The molecular weight excluding hydrogens is 271 g/mol. The van der Waals surface area contributed by atoms with Gasteiger partial charge in [-0.25, -0.2) is 4.39 Å². The molecular formula is C14H12BF4O-.